The van der Waals surface area contributed by atoms with Crippen LogP contribution in [0.2, 0.25) is 0 Å². The molecule has 0 bridgehead atoms. The first kappa shape index (κ1) is 18.8. The zero-order valence-electron chi connectivity index (χ0n) is 14.8. The number of esters is 1. The van der Waals surface area contributed by atoms with Crippen molar-refractivity contribution in [2.45, 2.75) is 12.8 Å². The minimum Gasteiger partial charge on any atom is -0.469 e. The Kier molecular flexibility index (Phi) is 7.25. The lowest BCUT2D eigenvalue weighted by molar-refractivity contribution is -0.146. The number of hydrogen-bond donors (Lipinski definition) is 2. The van der Waals surface area contributed by atoms with Gasteiger partial charge in [-0.1, -0.05) is 18.2 Å². The Morgan fingerprint density at radius 1 is 1.16 bits per heavy atom. The van der Waals surface area contributed by atoms with E-state index >= 15 is 0 Å². The third-order valence-electron chi connectivity index (χ3n) is 4.27. The second kappa shape index (κ2) is 9.66. The van der Waals surface area contributed by atoms with Crippen LogP contribution in [0.25, 0.3) is 0 Å². The number of benzene rings is 1. The topological polar surface area (TPSA) is 83.0 Å². The summed E-state index contributed by atoms with van der Waals surface area (Å²) >= 11 is 0. The number of likely N-dealkylation sites (tertiary alicyclic amines) is 1. The molecule has 0 radical (unpaired) electrons. The van der Waals surface area contributed by atoms with Crippen molar-refractivity contribution in [2.75, 3.05) is 40.3 Å². The van der Waals surface area contributed by atoms with Crippen molar-refractivity contribution in [3.63, 3.8) is 0 Å². The van der Waals surface area contributed by atoms with Gasteiger partial charge < -0.3 is 20.3 Å². The molecule has 1 aromatic rings. The fourth-order valence-electron chi connectivity index (χ4n) is 2.87. The van der Waals surface area contributed by atoms with Crippen molar-refractivity contribution in [1.29, 1.82) is 0 Å². The molecule has 2 N–H and O–H groups in total. The van der Waals surface area contributed by atoms with E-state index in [2.05, 4.69) is 20.5 Å². The highest BCUT2D eigenvalue weighted by Gasteiger charge is 2.26. The van der Waals surface area contributed by atoms with Gasteiger partial charge in [0.1, 0.15) is 0 Å². The van der Waals surface area contributed by atoms with Crippen molar-refractivity contribution < 1.29 is 14.3 Å². The summed E-state index contributed by atoms with van der Waals surface area (Å²) in [4.78, 5) is 29.9. The van der Waals surface area contributed by atoms with Gasteiger partial charge in [0.15, 0.2) is 5.96 Å². The molecule has 7 heteroatoms. The van der Waals surface area contributed by atoms with Gasteiger partial charge in [-0.2, -0.15) is 0 Å². The van der Waals surface area contributed by atoms with Gasteiger partial charge in [0, 0.05) is 38.8 Å². The lowest BCUT2D eigenvalue weighted by atomic mass is 9.97. The molecule has 1 aromatic carbocycles. The predicted molar refractivity (Wildman–Crippen MR) is 96.4 cm³/mol. The van der Waals surface area contributed by atoms with Crippen molar-refractivity contribution in [1.82, 2.24) is 15.5 Å². The minimum absolute atomic E-state index is 0.0236. The highest BCUT2D eigenvalue weighted by Crippen LogP contribution is 2.18. The summed E-state index contributed by atoms with van der Waals surface area (Å²) in [5.74, 6) is 0.546. The second-order valence-electron chi connectivity index (χ2n) is 5.88. The van der Waals surface area contributed by atoms with E-state index in [4.69, 9.17) is 4.74 Å². The zero-order chi connectivity index (χ0) is 18.1. The summed E-state index contributed by atoms with van der Waals surface area (Å²) in [6.45, 7) is 2.61. The molecule has 0 saturated carbocycles. The first-order chi connectivity index (χ1) is 12.2. The summed E-state index contributed by atoms with van der Waals surface area (Å²) < 4.78 is 4.81. The van der Waals surface area contributed by atoms with Crippen LogP contribution in [0.1, 0.15) is 23.2 Å². The van der Waals surface area contributed by atoms with Crippen LogP contribution in [0.15, 0.2) is 35.3 Å². The number of nitrogens with zero attached hydrogens (tertiary/aromatic N) is 2. The smallest absolute Gasteiger partial charge is 0.308 e. The van der Waals surface area contributed by atoms with Crippen molar-refractivity contribution in [2.24, 2.45) is 10.9 Å². The van der Waals surface area contributed by atoms with E-state index in [0.717, 1.165) is 31.9 Å². The monoisotopic (exact) mass is 346 g/mol. The van der Waals surface area contributed by atoms with Crippen LogP contribution in [0.3, 0.4) is 0 Å². The van der Waals surface area contributed by atoms with Gasteiger partial charge in [-0.15, -0.1) is 0 Å². The zero-order valence-corrected chi connectivity index (χ0v) is 14.8. The normalized spacial score (nSPS) is 15.6. The number of methoxy groups -OCH3 is 1. The number of guanidine groups is 1. The van der Waals surface area contributed by atoms with Gasteiger partial charge >= 0.3 is 5.97 Å². The van der Waals surface area contributed by atoms with Gasteiger partial charge in [-0.25, -0.2) is 0 Å². The van der Waals surface area contributed by atoms with Gasteiger partial charge in [0.25, 0.3) is 5.91 Å². The third-order valence-corrected chi connectivity index (χ3v) is 4.27. The van der Waals surface area contributed by atoms with E-state index in [1.165, 1.54) is 7.11 Å². The molecule has 0 aromatic heterocycles. The number of aliphatic imine (C=N–C) groups is 1. The predicted octanol–water partition coefficient (Wildman–Crippen LogP) is 0.877. The maximum Gasteiger partial charge on any atom is 0.308 e. The molecule has 1 aliphatic heterocycles. The molecule has 1 aliphatic rings. The highest BCUT2D eigenvalue weighted by molar-refractivity contribution is 5.94. The van der Waals surface area contributed by atoms with Crippen LogP contribution in [-0.4, -0.2) is 63.1 Å². The summed E-state index contributed by atoms with van der Waals surface area (Å²) in [7, 11) is 3.16. The number of nitrogens with one attached hydrogen (secondary N) is 2. The van der Waals surface area contributed by atoms with Crippen LogP contribution >= 0.6 is 0 Å². The molecule has 0 aliphatic carbocycles. The van der Waals surface area contributed by atoms with Gasteiger partial charge in [-0.05, 0) is 25.0 Å². The Balaban J connectivity index is 1.71. The molecule has 0 atom stereocenters. The average Bonchev–Trinajstić information content (AvgIpc) is 2.68. The largest absolute Gasteiger partial charge is 0.469 e. The lowest BCUT2D eigenvalue weighted by Crippen LogP contribution is -2.48. The Morgan fingerprint density at radius 3 is 2.40 bits per heavy atom. The molecule has 0 spiro atoms. The number of carbonyl (C=O) groups is 2. The summed E-state index contributed by atoms with van der Waals surface area (Å²) in [5.41, 5.74) is 0.650. The molecule has 1 saturated heterocycles. The quantitative estimate of drug-likeness (QED) is 0.358. The average molecular weight is 346 g/mol. The van der Waals surface area contributed by atoms with Crippen LogP contribution < -0.4 is 10.6 Å². The first-order valence-corrected chi connectivity index (χ1v) is 8.52. The Bertz CT molecular complexity index is 596. The fourth-order valence-corrected chi connectivity index (χ4v) is 2.87. The number of carbonyl (C=O) groups excluding carboxylic acids is 2. The van der Waals surface area contributed by atoms with E-state index < -0.39 is 0 Å². The third kappa shape index (κ3) is 5.48. The Hall–Kier alpha value is -2.57. The number of amides is 1. The molecular formula is C18H26N4O3. The maximum absolute atomic E-state index is 12.0. The SMILES string of the molecule is CN=C(NCCNC(=O)c1ccccc1)N1CCC(C(=O)OC)CC1. The number of hydrogen-bond acceptors (Lipinski definition) is 4. The number of ether oxygens (including phenoxy) is 1. The fraction of sp³-hybridized carbons (Fsp3) is 0.500. The van der Waals surface area contributed by atoms with E-state index in [1.54, 1.807) is 19.2 Å². The van der Waals surface area contributed by atoms with Crippen LogP contribution in [-0.2, 0) is 9.53 Å². The van der Waals surface area contributed by atoms with Crippen LogP contribution in [0.5, 0.6) is 0 Å². The van der Waals surface area contributed by atoms with Gasteiger partial charge in [0.05, 0.1) is 13.0 Å². The van der Waals surface area contributed by atoms with E-state index in [0.29, 0.717) is 18.7 Å². The molecule has 7 nitrogen and oxygen atoms in total. The molecule has 0 unspecified atom stereocenters. The number of rotatable bonds is 5. The lowest BCUT2D eigenvalue weighted by Gasteiger charge is -2.33. The molecule has 1 heterocycles. The van der Waals surface area contributed by atoms with E-state index in [-0.39, 0.29) is 17.8 Å². The molecular weight excluding hydrogens is 320 g/mol. The van der Waals surface area contributed by atoms with Gasteiger partial charge in [-0.3, -0.25) is 14.6 Å². The van der Waals surface area contributed by atoms with Crippen molar-refractivity contribution in [3.8, 4) is 0 Å². The molecule has 136 valence electrons. The first-order valence-electron chi connectivity index (χ1n) is 8.52. The van der Waals surface area contributed by atoms with Crippen LogP contribution in [0.4, 0.5) is 0 Å². The second-order valence-corrected chi connectivity index (χ2v) is 5.88. The van der Waals surface area contributed by atoms with Crippen molar-refractivity contribution >= 4 is 17.8 Å². The molecule has 1 fully saturated rings. The van der Waals surface area contributed by atoms with Gasteiger partial charge in [0.2, 0.25) is 0 Å². The highest BCUT2D eigenvalue weighted by atomic mass is 16.5. The standard InChI is InChI=1S/C18H26N4O3/c1-19-18(22-12-8-15(9-13-22)17(24)25-2)21-11-10-20-16(23)14-6-4-3-5-7-14/h3-7,15H,8-13H2,1-2H3,(H,19,21)(H,20,23). The van der Waals surface area contributed by atoms with E-state index in [9.17, 15) is 9.59 Å². The molecule has 2 rings (SSSR count). The summed E-state index contributed by atoms with van der Waals surface area (Å²) in [6.07, 6.45) is 1.52. The molecule has 25 heavy (non-hydrogen) atoms. The summed E-state index contributed by atoms with van der Waals surface area (Å²) in [6, 6.07) is 9.13. The Labute approximate surface area is 148 Å². The van der Waals surface area contributed by atoms with Crippen molar-refractivity contribution in [3.05, 3.63) is 35.9 Å². The van der Waals surface area contributed by atoms with Crippen LogP contribution in [0, 0.1) is 5.92 Å². The maximum atomic E-state index is 12.0. The molecule has 1 amide bonds. The Morgan fingerprint density at radius 2 is 1.80 bits per heavy atom. The minimum atomic E-state index is -0.133. The summed E-state index contributed by atoms with van der Waals surface area (Å²) in [5, 5.41) is 6.12. The number of piperidine rings is 1. The van der Waals surface area contributed by atoms with E-state index in [1.807, 2.05) is 18.2 Å².